The Hall–Kier alpha value is -0.960. The van der Waals surface area contributed by atoms with Crippen molar-refractivity contribution in [2.75, 3.05) is 20.1 Å². The van der Waals surface area contributed by atoms with Gasteiger partial charge in [-0.2, -0.15) is 28.4 Å². The Morgan fingerprint density at radius 3 is 2.95 bits per heavy atom. The lowest BCUT2D eigenvalue weighted by atomic mass is 10.1. The van der Waals surface area contributed by atoms with Crippen LogP contribution in [0, 0.1) is 0 Å². The molecule has 1 saturated heterocycles. The lowest BCUT2D eigenvalue weighted by Crippen LogP contribution is -2.42. The van der Waals surface area contributed by atoms with Gasteiger partial charge in [0.25, 0.3) is 10.2 Å². The van der Waals surface area contributed by atoms with Crippen molar-refractivity contribution >= 4 is 27.5 Å². The van der Waals surface area contributed by atoms with E-state index in [1.165, 1.54) is 11.4 Å². The van der Waals surface area contributed by atoms with Crippen LogP contribution in [0.25, 0.3) is 0 Å². The molecule has 1 N–H and O–H groups in total. The molecular weight excluding hydrogens is 300 g/mol. The van der Waals surface area contributed by atoms with E-state index in [1.807, 2.05) is 16.8 Å². The predicted octanol–water partition coefficient (Wildman–Crippen LogP) is 1.54. The second-order valence-corrected chi connectivity index (χ2v) is 7.57. The van der Waals surface area contributed by atoms with Gasteiger partial charge in [0.05, 0.1) is 12.5 Å². The van der Waals surface area contributed by atoms with Gasteiger partial charge in [-0.1, -0.05) is 0 Å². The summed E-state index contributed by atoms with van der Waals surface area (Å²) in [5.41, 5.74) is 1.02. The summed E-state index contributed by atoms with van der Waals surface area (Å²) in [7, 11) is -2.17. The van der Waals surface area contributed by atoms with Crippen molar-refractivity contribution in [1.82, 2.24) is 8.61 Å². The first kappa shape index (κ1) is 15.4. The van der Waals surface area contributed by atoms with Crippen molar-refractivity contribution in [3.05, 3.63) is 22.4 Å². The van der Waals surface area contributed by atoms with E-state index in [2.05, 4.69) is 0 Å². The van der Waals surface area contributed by atoms with Gasteiger partial charge >= 0.3 is 5.97 Å². The number of aliphatic carboxylic acids is 1. The smallest absolute Gasteiger partial charge is 0.304 e. The molecule has 0 bridgehead atoms. The molecule has 0 aliphatic carbocycles. The molecular formula is C12H18N2O4S2. The summed E-state index contributed by atoms with van der Waals surface area (Å²) in [5, 5.41) is 12.6. The Morgan fingerprint density at radius 2 is 2.35 bits per heavy atom. The van der Waals surface area contributed by atoms with E-state index in [9.17, 15) is 13.2 Å². The normalized spacial score (nSPS) is 20.6. The summed E-state index contributed by atoms with van der Waals surface area (Å²) in [6, 6.07) is 1.82. The van der Waals surface area contributed by atoms with Crippen LogP contribution in [-0.4, -0.2) is 48.2 Å². The van der Waals surface area contributed by atoms with Crippen molar-refractivity contribution in [3.8, 4) is 0 Å². The molecule has 20 heavy (non-hydrogen) atoms. The summed E-state index contributed by atoms with van der Waals surface area (Å²) in [4.78, 5) is 10.6. The third-order valence-corrected chi connectivity index (χ3v) is 6.16. The lowest BCUT2D eigenvalue weighted by molar-refractivity contribution is -0.137. The summed E-state index contributed by atoms with van der Waals surface area (Å²) in [6.07, 6.45) is 1.45. The average molecular weight is 318 g/mol. The highest BCUT2D eigenvalue weighted by molar-refractivity contribution is 7.86. The minimum Gasteiger partial charge on any atom is -0.481 e. The van der Waals surface area contributed by atoms with E-state index in [1.54, 1.807) is 11.3 Å². The van der Waals surface area contributed by atoms with E-state index < -0.39 is 16.2 Å². The van der Waals surface area contributed by atoms with Crippen LogP contribution in [0.3, 0.4) is 0 Å². The highest BCUT2D eigenvalue weighted by Crippen LogP contribution is 2.35. The van der Waals surface area contributed by atoms with E-state index in [4.69, 9.17) is 5.11 Å². The van der Waals surface area contributed by atoms with Gasteiger partial charge in [-0.25, -0.2) is 0 Å². The average Bonchev–Trinajstić information content (AvgIpc) is 3.04. The van der Waals surface area contributed by atoms with Crippen LogP contribution in [0.15, 0.2) is 16.8 Å². The molecule has 112 valence electrons. The molecule has 8 heteroatoms. The fourth-order valence-corrected chi connectivity index (χ4v) is 4.66. The van der Waals surface area contributed by atoms with Gasteiger partial charge < -0.3 is 5.11 Å². The van der Waals surface area contributed by atoms with Crippen LogP contribution in [0.5, 0.6) is 0 Å². The monoisotopic (exact) mass is 318 g/mol. The number of carboxylic acids is 1. The van der Waals surface area contributed by atoms with Crippen molar-refractivity contribution in [1.29, 1.82) is 0 Å². The Bertz CT molecular complexity index is 556. The minimum absolute atomic E-state index is 0.00940. The maximum atomic E-state index is 12.5. The van der Waals surface area contributed by atoms with Gasteiger partial charge in [0, 0.05) is 20.1 Å². The fourth-order valence-electron chi connectivity index (χ4n) is 2.36. The lowest BCUT2D eigenvalue weighted by Gasteiger charge is -2.28. The highest BCUT2D eigenvalue weighted by Gasteiger charge is 2.37. The maximum absolute atomic E-state index is 12.5. The first-order valence-electron chi connectivity index (χ1n) is 6.40. The topological polar surface area (TPSA) is 77.9 Å². The second kappa shape index (κ2) is 6.21. The molecule has 2 rings (SSSR count). The predicted molar refractivity (Wildman–Crippen MR) is 76.8 cm³/mol. The Morgan fingerprint density at radius 1 is 1.60 bits per heavy atom. The third-order valence-electron chi connectivity index (χ3n) is 3.46. The number of carbonyl (C=O) groups is 1. The van der Waals surface area contributed by atoms with Crippen LogP contribution in [0.2, 0.25) is 0 Å². The van der Waals surface area contributed by atoms with E-state index in [-0.39, 0.29) is 19.0 Å². The van der Waals surface area contributed by atoms with Crippen molar-refractivity contribution in [2.45, 2.75) is 25.3 Å². The first-order chi connectivity index (χ1) is 9.43. The summed E-state index contributed by atoms with van der Waals surface area (Å²) < 4.78 is 27.6. The Labute approximate surface area is 122 Å². The second-order valence-electron chi connectivity index (χ2n) is 4.80. The van der Waals surface area contributed by atoms with E-state index in [0.29, 0.717) is 6.54 Å². The molecule has 6 nitrogen and oxygen atoms in total. The minimum atomic E-state index is -3.60. The van der Waals surface area contributed by atoms with E-state index in [0.717, 1.165) is 22.7 Å². The molecule has 1 fully saturated rings. The van der Waals surface area contributed by atoms with Gasteiger partial charge in [-0.3, -0.25) is 4.79 Å². The Kier molecular flexibility index (Phi) is 4.79. The van der Waals surface area contributed by atoms with Crippen LogP contribution >= 0.6 is 11.3 Å². The first-order valence-corrected chi connectivity index (χ1v) is 8.74. The Balaban J connectivity index is 2.13. The summed E-state index contributed by atoms with van der Waals surface area (Å²) in [5.74, 6) is -0.997. The number of carboxylic acid groups (broad SMARTS) is 1. The molecule has 0 saturated carbocycles. The molecule has 1 aromatic heterocycles. The van der Waals surface area contributed by atoms with Gasteiger partial charge in [0.1, 0.15) is 0 Å². The molecule has 0 aromatic carbocycles. The van der Waals surface area contributed by atoms with Crippen molar-refractivity contribution in [2.24, 2.45) is 0 Å². The van der Waals surface area contributed by atoms with E-state index >= 15 is 0 Å². The largest absolute Gasteiger partial charge is 0.481 e. The summed E-state index contributed by atoms with van der Waals surface area (Å²) >= 11 is 1.55. The number of rotatable bonds is 6. The molecule has 0 amide bonds. The standard InChI is InChI=1S/C12H18N2O4S2/c1-13(7-4-12(15)16)20(17,18)14-6-2-3-11(14)10-5-8-19-9-10/h5,8-9,11H,2-4,6-7H2,1H3,(H,15,16). The number of thiophene rings is 1. The highest BCUT2D eigenvalue weighted by atomic mass is 32.2. The molecule has 1 aliphatic heterocycles. The number of hydrogen-bond donors (Lipinski definition) is 1. The number of nitrogens with zero attached hydrogens (tertiary/aromatic N) is 2. The van der Waals surface area contributed by atoms with Crippen LogP contribution in [-0.2, 0) is 15.0 Å². The van der Waals surface area contributed by atoms with Gasteiger partial charge in [-0.05, 0) is 35.2 Å². The van der Waals surface area contributed by atoms with Crippen molar-refractivity contribution in [3.63, 3.8) is 0 Å². The van der Waals surface area contributed by atoms with Crippen molar-refractivity contribution < 1.29 is 18.3 Å². The van der Waals surface area contributed by atoms with Crippen LogP contribution in [0.1, 0.15) is 30.9 Å². The maximum Gasteiger partial charge on any atom is 0.304 e. The third kappa shape index (κ3) is 3.20. The molecule has 1 unspecified atom stereocenters. The zero-order chi connectivity index (χ0) is 14.8. The molecule has 0 spiro atoms. The molecule has 1 aliphatic rings. The molecule has 1 aromatic rings. The van der Waals surface area contributed by atoms with Crippen LogP contribution in [0.4, 0.5) is 0 Å². The zero-order valence-electron chi connectivity index (χ0n) is 11.2. The number of hydrogen-bond acceptors (Lipinski definition) is 4. The molecule has 1 atom stereocenters. The summed E-state index contributed by atoms with van der Waals surface area (Å²) in [6.45, 7) is 0.477. The quantitative estimate of drug-likeness (QED) is 0.863. The zero-order valence-corrected chi connectivity index (χ0v) is 12.9. The SMILES string of the molecule is CN(CCC(=O)O)S(=O)(=O)N1CCCC1c1ccsc1. The molecule has 0 radical (unpaired) electrons. The molecule has 2 heterocycles. The fraction of sp³-hybridized carbons (Fsp3) is 0.583. The van der Waals surface area contributed by atoms with Gasteiger partial charge in [0.15, 0.2) is 0 Å². The van der Waals surface area contributed by atoms with Gasteiger partial charge in [-0.15, -0.1) is 0 Å². The van der Waals surface area contributed by atoms with Crippen LogP contribution < -0.4 is 0 Å². The van der Waals surface area contributed by atoms with Gasteiger partial charge in [0.2, 0.25) is 0 Å².